The van der Waals surface area contributed by atoms with Crippen LogP contribution in [0.4, 0.5) is 4.79 Å². The van der Waals surface area contributed by atoms with E-state index in [0.29, 0.717) is 12.8 Å². The van der Waals surface area contributed by atoms with E-state index in [4.69, 9.17) is 4.74 Å². The van der Waals surface area contributed by atoms with Crippen LogP contribution in [-0.4, -0.2) is 45.9 Å². The van der Waals surface area contributed by atoms with Gasteiger partial charge < -0.3 is 20.7 Å². The van der Waals surface area contributed by atoms with E-state index in [0.717, 1.165) is 12.5 Å². The van der Waals surface area contributed by atoms with Crippen molar-refractivity contribution in [3.8, 4) is 0 Å². The minimum Gasteiger partial charge on any atom is -0.444 e. The van der Waals surface area contributed by atoms with Gasteiger partial charge in [0.25, 0.3) is 0 Å². The number of nitrogens with one attached hydrogen (secondary N) is 3. The van der Waals surface area contributed by atoms with Crippen molar-refractivity contribution in [3.05, 3.63) is 24.3 Å². The van der Waals surface area contributed by atoms with Crippen molar-refractivity contribution >= 4 is 23.7 Å². The summed E-state index contributed by atoms with van der Waals surface area (Å²) in [5.41, 5.74) is -3.57. The van der Waals surface area contributed by atoms with E-state index < -0.39 is 45.5 Å². The van der Waals surface area contributed by atoms with Crippen LogP contribution in [0, 0.1) is 5.41 Å². The zero-order valence-corrected chi connectivity index (χ0v) is 24.5. The van der Waals surface area contributed by atoms with E-state index in [-0.39, 0.29) is 5.78 Å². The molecule has 0 saturated carbocycles. The van der Waals surface area contributed by atoms with Gasteiger partial charge in [-0.15, -0.1) is 0 Å². The molecule has 3 amide bonds. The van der Waals surface area contributed by atoms with Crippen LogP contribution in [0.25, 0.3) is 0 Å². The van der Waals surface area contributed by atoms with Crippen molar-refractivity contribution in [2.24, 2.45) is 5.41 Å². The lowest BCUT2D eigenvalue weighted by molar-refractivity contribution is -0.124. The highest BCUT2D eigenvalue weighted by atomic mass is 16.6. The van der Waals surface area contributed by atoms with E-state index in [1.54, 1.807) is 48.5 Å². The lowest BCUT2D eigenvalue weighted by atomic mass is 9.71. The van der Waals surface area contributed by atoms with Gasteiger partial charge in [0.05, 0.1) is 11.1 Å². The average Bonchev–Trinajstić information content (AvgIpc) is 2.63. The number of carbonyl (C=O) groups is 4. The lowest BCUT2D eigenvalue weighted by Gasteiger charge is -2.42. The molecule has 0 aliphatic carbocycles. The second-order valence-electron chi connectivity index (χ2n) is 12.5. The Morgan fingerprint density at radius 3 is 1.56 bits per heavy atom. The molecule has 8 heteroatoms. The molecule has 0 aliphatic heterocycles. The third-order valence-corrected chi connectivity index (χ3v) is 6.71. The number of ether oxygens (including phenoxy) is 1. The van der Waals surface area contributed by atoms with Gasteiger partial charge in [-0.3, -0.25) is 14.4 Å². The Morgan fingerprint density at radius 2 is 1.11 bits per heavy atom. The summed E-state index contributed by atoms with van der Waals surface area (Å²) in [7, 11) is 0. The predicted octanol–water partition coefficient (Wildman–Crippen LogP) is 4.98. The van der Waals surface area contributed by atoms with Gasteiger partial charge in [-0.05, 0) is 74.1 Å². The first-order chi connectivity index (χ1) is 16.1. The molecule has 0 radical (unpaired) electrons. The Hall–Kier alpha value is -2.64. The van der Waals surface area contributed by atoms with Crippen molar-refractivity contribution in [1.29, 1.82) is 0 Å². The number of rotatable bonds is 12. The van der Waals surface area contributed by atoms with Crippen molar-refractivity contribution < 1.29 is 23.9 Å². The summed E-state index contributed by atoms with van der Waals surface area (Å²) in [6.45, 7) is 22.0. The second kappa shape index (κ2) is 12.5. The molecule has 36 heavy (non-hydrogen) atoms. The van der Waals surface area contributed by atoms with Gasteiger partial charge in [0.2, 0.25) is 11.8 Å². The summed E-state index contributed by atoms with van der Waals surface area (Å²) >= 11 is 0. The maximum absolute atomic E-state index is 12.6. The summed E-state index contributed by atoms with van der Waals surface area (Å²) < 4.78 is 5.32. The number of Topliss-reactive ketones (excluding diaryl/α,β-unsaturated/α-hetero) is 1. The van der Waals surface area contributed by atoms with Crippen molar-refractivity contribution in [2.45, 2.75) is 125 Å². The van der Waals surface area contributed by atoms with Crippen LogP contribution in [0.3, 0.4) is 0 Å². The smallest absolute Gasteiger partial charge is 0.408 e. The Labute approximate surface area is 218 Å². The van der Waals surface area contributed by atoms with Crippen LogP contribution >= 0.6 is 0 Å². The summed E-state index contributed by atoms with van der Waals surface area (Å²) in [6.07, 6.45) is 7.14. The number of hydrogen-bond acceptors (Lipinski definition) is 5. The molecule has 0 saturated heterocycles. The molecule has 0 atom stereocenters. The van der Waals surface area contributed by atoms with Crippen LogP contribution in [0.1, 0.15) is 102 Å². The maximum atomic E-state index is 12.6. The normalized spacial score (nSPS) is 13.6. The first-order valence-electron chi connectivity index (χ1n) is 12.6. The molecule has 0 heterocycles. The zero-order chi connectivity index (χ0) is 28.6. The summed E-state index contributed by atoms with van der Waals surface area (Å²) in [6, 6.07) is 0. The van der Waals surface area contributed by atoms with Crippen LogP contribution in [-0.2, 0) is 19.1 Å². The topological polar surface area (TPSA) is 114 Å². The highest BCUT2D eigenvalue weighted by Gasteiger charge is 2.41. The molecule has 0 spiro atoms. The van der Waals surface area contributed by atoms with Gasteiger partial charge in [0.15, 0.2) is 0 Å². The van der Waals surface area contributed by atoms with Gasteiger partial charge in [0.1, 0.15) is 11.4 Å². The Kier molecular flexibility index (Phi) is 11.6. The molecule has 0 aliphatic rings. The monoisotopic (exact) mass is 507 g/mol. The Balaban J connectivity index is 5.14. The fourth-order valence-corrected chi connectivity index (χ4v) is 3.06. The van der Waals surface area contributed by atoms with E-state index >= 15 is 0 Å². The van der Waals surface area contributed by atoms with E-state index in [9.17, 15) is 19.2 Å². The third-order valence-electron chi connectivity index (χ3n) is 6.71. The second-order valence-corrected chi connectivity index (χ2v) is 12.5. The molecule has 0 unspecified atom stereocenters. The lowest BCUT2D eigenvalue weighted by Crippen LogP contribution is -2.65. The van der Waals surface area contributed by atoms with Crippen molar-refractivity contribution in [1.82, 2.24) is 16.0 Å². The molecule has 0 rings (SSSR count). The summed E-state index contributed by atoms with van der Waals surface area (Å²) in [4.78, 5) is 49.8. The van der Waals surface area contributed by atoms with Gasteiger partial charge in [-0.25, -0.2) is 4.79 Å². The fourth-order valence-electron chi connectivity index (χ4n) is 3.06. The maximum Gasteiger partial charge on any atom is 0.408 e. The molecule has 8 nitrogen and oxygen atoms in total. The number of allylic oxidation sites excluding steroid dienone is 2. The van der Waals surface area contributed by atoms with Crippen LogP contribution < -0.4 is 16.0 Å². The van der Waals surface area contributed by atoms with Crippen molar-refractivity contribution in [2.75, 3.05) is 0 Å². The summed E-state index contributed by atoms with van der Waals surface area (Å²) in [5, 5.41) is 8.54. The standard InChI is InChI=1S/C28H49N3O5/c1-13-14-15-16-20(32)19-25(5,6)26(7,8)29-21(33)17-18-22(34)30-27(9,10)28(11,12)31-23(35)36-24(2,3)4/h14-15,17-18H,13,16,19H2,1-12H3,(H,29,33)(H,30,34)(H,31,35)/b15-14-,18-17+. The van der Waals surface area contributed by atoms with Crippen LogP contribution in [0.15, 0.2) is 24.3 Å². The molecule has 0 aromatic heterocycles. The number of amides is 3. The van der Waals surface area contributed by atoms with Crippen molar-refractivity contribution in [3.63, 3.8) is 0 Å². The van der Waals surface area contributed by atoms with Gasteiger partial charge in [0, 0.05) is 30.5 Å². The quantitative estimate of drug-likeness (QED) is 0.255. The van der Waals surface area contributed by atoms with Crippen LogP contribution in [0.5, 0.6) is 0 Å². The minimum absolute atomic E-state index is 0.104. The van der Waals surface area contributed by atoms with E-state index in [1.165, 1.54) is 6.08 Å². The molecule has 206 valence electrons. The van der Waals surface area contributed by atoms with E-state index in [2.05, 4.69) is 16.0 Å². The third kappa shape index (κ3) is 11.4. The van der Waals surface area contributed by atoms with Crippen LogP contribution in [0.2, 0.25) is 0 Å². The number of carbonyl (C=O) groups excluding carboxylic acids is 4. The molecule has 0 aromatic carbocycles. The van der Waals surface area contributed by atoms with Gasteiger partial charge >= 0.3 is 6.09 Å². The fraction of sp³-hybridized carbons (Fsp3) is 0.714. The molecule has 3 N–H and O–H groups in total. The number of alkyl carbamates (subject to hydrolysis) is 1. The first kappa shape index (κ1) is 33.4. The minimum atomic E-state index is -0.865. The highest BCUT2D eigenvalue weighted by molar-refractivity contribution is 5.97. The molecular weight excluding hydrogens is 458 g/mol. The molecular formula is C28H49N3O5. The molecule has 0 fully saturated rings. The number of hydrogen-bond donors (Lipinski definition) is 3. The zero-order valence-electron chi connectivity index (χ0n) is 24.5. The largest absolute Gasteiger partial charge is 0.444 e. The highest BCUT2D eigenvalue weighted by Crippen LogP contribution is 2.34. The Morgan fingerprint density at radius 1 is 0.667 bits per heavy atom. The molecule has 0 aromatic rings. The Bertz CT molecular complexity index is 859. The first-order valence-corrected chi connectivity index (χ1v) is 12.6. The molecule has 0 bridgehead atoms. The predicted molar refractivity (Wildman–Crippen MR) is 144 cm³/mol. The summed E-state index contributed by atoms with van der Waals surface area (Å²) in [5.74, 6) is -0.818. The van der Waals surface area contributed by atoms with E-state index in [1.807, 2.05) is 46.8 Å². The average molecular weight is 508 g/mol. The number of ketones is 1. The van der Waals surface area contributed by atoms with Gasteiger partial charge in [-0.2, -0.15) is 0 Å². The van der Waals surface area contributed by atoms with Gasteiger partial charge in [-0.1, -0.05) is 32.9 Å². The SMILES string of the molecule is CC/C=C\CC(=O)CC(C)(C)C(C)(C)NC(=O)/C=C/C(=O)NC(C)(C)C(C)(C)NC(=O)OC(C)(C)C.